The van der Waals surface area contributed by atoms with Gasteiger partial charge in [-0.05, 0) is 161 Å². The quantitative estimate of drug-likeness (QED) is 0.128. The van der Waals surface area contributed by atoms with E-state index in [1.807, 2.05) is 0 Å². The third kappa shape index (κ3) is 8.37. The Bertz CT molecular complexity index is 4360. The number of aromatic nitrogens is 2. The van der Waals surface area contributed by atoms with Gasteiger partial charge < -0.3 is 18.9 Å². The molecule has 0 spiro atoms. The van der Waals surface area contributed by atoms with Crippen LogP contribution in [-0.4, -0.2) is 9.13 Å². The molecule has 13 aromatic rings. The molecule has 0 N–H and O–H groups in total. The van der Waals surface area contributed by atoms with Gasteiger partial charge in [0.1, 0.15) is 0 Å². The molecule has 1 aliphatic carbocycles. The van der Waals surface area contributed by atoms with Gasteiger partial charge >= 0.3 is 0 Å². The Labute approximate surface area is 449 Å². The molecule has 0 saturated heterocycles. The molecular weight excluding hydrogens is 933 g/mol. The Morgan fingerprint density at radius 2 is 0.701 bits per heavy atom. The molecule has 1 atom stereocenters. The van der Waals surface area contributed by atoms with Crippen LogP contribution < -0.4 is 9.80 Å². The van der Waals surface area contributed by atoms with Crippen LogP contribution in [0.25, 0.3) is 88.4 Å². The van der Waals surface area contributed by atoms with Crippen molar-refractivity contribution in [3.63, 3.8) is 0 Å². The fourth-order valence-corrected chi connectivity index (χ4v) is 11.6. The van der Waals surface area contributed by atoms with Gasteiger partial charge in [0.15, 0.2) is 0 Å². The van der Waals surface area contributed by atoms with Crippen molar-refractivity contribution in [1.29, 1.82) is 0 Å². The normalized spacial score (nSPS) is 13.4. The van der Waals surface area contributed by atoms with Gasteiger partial charge in [0, 0.05) is 67.1 Å². The summed E-state index contributed by atoms with van der Waals surface area (Å²) in [7, 11) is 0. The second kappa shape index (κ2) is 19.4. The number of hydrogen-bond acceptors (Lipinski definition) is 2. The summed E-state index contributed by atoms with van der Waals surface area (Å²) in [5.41, 5.74) is 20.7. The van der Waals surface area contributed by atoms with Crippen LogP contribution in [0.5, 0.6) is 0 Å². The Kier molecular flexibility index (Phi) is 11.5. The van der Waals surface area contributed by atoms with Crippen LogP contribution in [0.2, 0.25) is 0 Å². The van der Waals surface area contributed by atoms with Crippen molar-refractivity contribution in [3.8, 4) is 39.1 Å². The lowest BCUT2D eigenvalue weighted by Crippen LogP contribution is -2.10. The Morgan fingerprint density at radius 1 is 0.312 bits per heavy atom. The van der Waals surface area contributed by atoms with E-state index >= 15 is 0 Å². The smallest absolute Gasteiger partial charge is 0.0542 e. The molecule has 11 aromatic carbocycles. The summed E-state index contributed by atoms with van der Waals surface area (Å²) in [6.07, 6.45) is 8.04. The molecule has 2 heterocycles. The van der Waals surface area contributed by atoms with Gasteiger partial charge in [0.05, 0.1) is 22.1 Å². The number of nitrogens with zero attached hydrogens (tertiary/aromatic N) is 4. The maximum atomic E-state index is 2.43. The number of hydrogen-bond donors (Lipinski definition) is 0. The number of allylic oxidation sites excluding steroid dienone is 4. The van der Waals surface area contributed by atoms with E-state index in [1.54, 1.807) is 0 Å². The highest BCUT2D eigenvalue weighted by atomic mass is 15.1. The first-order chi connectivity index (χ1) is 38.1. The second-order valence-corrected chi connectivity index (χ2v) is 20.2. The van der Waals surface area contributed by atoms with E-state index in [4.69, 9.17) is 0 Å². The average molecular weight is 987 g/mol. The lowest BCUT2D eigenvalue weighted by atomic mass is 10.0. The fraction of sp³-hybridized carbons (Fsp3) is 0.0411. The molecule has 0 bridgehead atoms. The van der Waals surface area contributed by atoms with E-state index in [0.29, 0.717) is 5.92 Å². The van der Waals surface area contributed by atoms with Gasteiger partial charge in [-0.1, -0.05) is 183 Å². The summed E-state index contributed by atoms with van der Waals surface area (Å²) in [5, 5.41) is 4.90. The standard InChI is InChI=1S/C73H54N4/c1-51-31-37-61(38-32-51)77-71-30-14-12-28-67(71)69-50-65(44-46-73(69)77)75(63-26-16-22-57(48-63)53-19-7-3-8-20-53)60-41-35-55(36-42-60)54-33-39-59(40-34-54)74(62-25-15-21-56(47-62)52-17-5-2-6-18-52)64-43-45-72-68(49-64)66-27-11-13-29-70(66)76(72)58-23-9-4-10-24-58/h2-31,33-51H,32H2,1H3. The Balaban J connectivity index is 0.855. The largest absolute Gasteiger partial charge is 0.310 e. The highest BCUT2D eigenvalue weighted by Crippen LogP contribution is 2.44. The first-order valence-corrected chi connectivity index (χ1v) is 26.7. The highest BCUT2D eigenvalue weighted by molar-refractivity contribution is 6.12. The third-order valence-electron chi connectivity index (χ3n) is 15.4. The highest BCUT2D eigenvalue weighted by Gasteiger charge is 2.21. The van der Waals surface area contributed by atoms with Crippen molar-refractivity contribution in [2.45, 2.75) is 13.3 Å². The zero-order chi connectivity index (χ0) is 51.2. The Morgan fingerprint density at radius 3 is 1.19 bits per heavy atom. The van der Waals surface area contributed by atoms with Crippen LogP contribution in [-0.2, 0) is 0 Å². The first kappa shape index (κ1) is 45.7. The summed E-state index contributed by atoms with van der Waals surface area (Å²) < 4.78 is 4.81. The molecule has 0 amide bonds. The molecule has 0 aliphatic heterocycles. The molecule has 0 fully saturated rings. The zero-order valence-corrected chi connectivity index (χ0v) is 42.8. The fourth-order valence-electron chi connectivity index (χ4n) is 11.6. The van der Waals surface area contributed by atoms with Crippen LogP contribution in [0.15, 0.2) is 291 Å². The SMILES string of the molecule is CC1C=CC(n2c3ccccc3c3cc(N(c4ccc(-c5ccc(N(c6cccc(-c7ccccc7)c6)c6ccc7c(c6)c6ccccc6n7-c6ccccc6)cc5)cc4)c4cccc(-c5ccccc5)c4)ccc32)=CC1. The third-order valence-corrected chi connectivity index (χ3v) is 15.4. The van der Waals surface area contributed by atoms with Crippen molar-refractivity contribution >= 4 is 83.4 Å². The lowest BCUT2D eigenvalue weighted by molar-refractivity contribution is 0.735. The van der Waals surface area contributed by atoms with Crippen molar-refractivity contribution in [2.24, 2.45) is 5.92 Å². The van der Waals surface area contributed by atoms with Gasteiger partial charge in [-0.2, -0.15) is 0 Å². The van der Waals surface area contributed by atoms with E-state index in [9.17, 15) is 0 Å². The van der Waals surface area contributed by atoms with Crippen molar-refractivity contribution < 1.29 is 0 Å². The van der Waals surface area contributed by atoms with Crippen molar-refractivity contribution in [1.82, 2.24) is 9.13 Å². The molecule has 1 aliphatic rings. The number of para-hydroxylation sites is 3. The van der Waals surface area contributed by atoms with Gasteiger partial charge in [-0.15, -0.1) is 0 Å². The minimum Gasteiger partial charge on any atom is -0.310 e. The molecule has 14 rings (SSSR count). The predicted molar refractivity (Wildman–Crippen MR) is 327 cm³/mol. The average Bonchev–Trinajstić information content (AvgIpc) is 4.06. The molecule has 366 valence electrons. The summed E-state index contributed by atoms with van der Waals surface area (Å²) in [4.78, 5) is 4.80. The molecule has 77 heavy (non-hydrogen) atoms. The molecular formula is C73H54N4. The molecule has 4 nitrogen and oxygen atoms in total. The van der Waals surface area contributed by atoms with Crippen LogP contribution >= 0.6 is 0 Å². The maximum absolute atomic E-state index is 2.43. The predicted octanol–water partition coefficient (Wildman–Crippen LogP) is 20.3. The number of anilines is 6. The summed E-state index contributed by atoms with van der Waals surface area (Å²) >= 11 is 0. The molecule has 2 aromatic heterocycles. The monoisotopic (exact) mass is 986 g/mol. The van der Waals surface area contributed by atoms with Crippen LogP contribution in [0.1, 0.15) is 13.3 Å². The minimum absolute atomic E-state index is 0.539. The molecule has 1 unspecified atom stereocenters. The number of fused-ring (bicyclic) bond motifs is 6. The van der Waals surface area contributed by atoms with Crippen LogP contribution in [0.3, 0.4) is 0 Å². The molecule has 0 saturated carbocycles. The number of rotatable bonds is 11. The van der Waals surface area contributed by atoms with Crippen LogP contribution in [0, 0.1) is 5.92 Å². The summed E-state index contributed by atoms with van der Waals surface area (Å²) in [6.45, 7) is 2.28. The Hall–Kier alpha value is -9.90. The van der Waals surface area contributed by atoms with Gasteiger partial charge in [0.25, 0.3) is 0 Å². The summed E-state index contributed by atoms with van der Waals surface area (Å²) in [5.74, 6) is 0.539. The maximum Gasteiger partial charge on any atom is 0.0542 e. The minimum atomic E-state index is 0.539. The van der Waals surface area contributed by atoms with Crippen molar-refractivity contribution in [3.05, 3.63) is 291 Å². The van der Waals surface area contributed by atoms with E-state index in [0.717, 1.165) is 57.4 Å². The topological polar surface area (TPSA) is 16.3 Å². The zero-order valence-electron chi connectivity index (χ0n) is 42.8. The molecule has 4 heteroatoms. The van der Waals surface area contributed by atoms with E-state index in [2.05, 4.69) is 317 Å². The van der Waals surface area contributed by atoms with Gasteiger partial charge in [-0.3, -0.25) is 0 Å². The van der Waals surface area contributed by atoms with E-state index < -0.39 is 0 Å². The van der Waals surface area contributed by atoms with E-state index in [1.165, 1.54) is 71.6 Å². The first-order valence-electron chi connectivity index (χ1n) is 26.7. The van der Waals surface area contributed by atoms with Gasteiger partial charge in [0.2, 0.25) is 0 Å². The van der Waals surface area contributed by atoms with Gasteiger partial charge in [-0.25, -0.2) is 0 Å². The summed E-state index contributed by atoms with van der Waals surface area (Å²) in [6, 6.07) is 99.4. The molecule has 0 radical (unpaired) electrons. The van der Waals surface area contributed by atoms with E-state index in [-0.39, 0.29) is 0 Å². The lowest BCUT2D eigenvalue weighted by Gasteiger charge is -2.27. The second-order valence-electron chi connectivity index (χ2n) is 20.2. The van der Waals surface area contributed by atoms with Crippen LogP contribution in [0.4, 0.5) is 34.1 Å². The number of benzene rings is 11. The van der Waals surface area contributed by atoms with Crippen molar-refractivity contribution in [2.75, 3.05) is 9.80 Å².